The Morgan fingerprint density at radius 1 is 0.696 bits per heavy atom. The Hall–Kier alpha value is -4.98. The number of nitrogens with two attached hydrogens (primary N) is 2. The van der Waals surface area contributed by atoms with Crippen LogP contribution >= 0.6 is 0 Å². The highest BCUT2D eigenvalue weighted by Gasteiger charge is 2.31. The molecule has 250 valence electrons. The smallest absolute Gasteiger partial charge is 0.303 e. The number of rotatable bonds is 18. The molecule has 46 heavy (non-hydrogen) atoms. The quantitative estimate of drug-likeness (QED) is 0.108. The van der Waals surface area contributed by atoms with Crippen molar-refractivity contribution < 1.29 is 39.0 Å². The fourth-order valence-electron chi connectivity index (χ4n) is 4.52. The predicted octanol–water partition coefficient (Wildman–Crippen LogP) is -0.140. The highest BCUT2D eigenvalue weighted by atomic mass is 16.4. The molecule has 14 nitrogen and oxygen atoms in total. The van der Waals surface area contributed by atoms with Crippen molar-refractivity contribution in [3.63, 3.8) is 0 Å². The van der Waals surface area contributed by atoms with Gasteiger partial charge in [-0.25, -0.2) is 0 Å². The third-order valence-corrected chi connectivity index (χ3v) is 7.04. The van der Waals surface area contributed by atoms with E-state index < -0.39 is 72.1 Å². The first-order valence-electron chi connectivity index (χ1n) is 15.0. The van der Waals surface area contributed by atoms with E-state index in [0.29, 0.717) is 11.1 Å². The summed E-state index contributed by atoms with van der Waals surface area (Å²) in [5.41, 5.74) is 12.9. The molecule has 0 aliphatic heterocycles. The molecule has 5 amide bonds. The van der Waals surface area contributed by atoms with Gasteiger partial charge in [-0.05, 0) is 55.4 Å². The van der Waals surface area contributed by atoms with Crippen LogP contribution in [0.25, 0.3) is 0 Å². The monoisotopic (exact) mass is 640 g/mol. The molecule has 0 fully saturated rings. The highest BCUT2D eigenvalue weighted by Crippen LogP contribution is 2.12. The molecule has 5 atom stereocenters. The van der Waals surface area contributed by atoms with Gasteiger partial charge in [-0.15, -0.1) is 0 Å². The van der Waals surface area contributed by atoms with Crippen LogP contribution in [0.5, 0.6) is 5.75 Å². The third kappa shape index (κ3) is 12.9. The molecule has 0 unspecified atom stereocenters. The van der Waals surface area contributed by atoms with Gasteiger partial charge in [0, 0.05) is 12.8 Å². The Morgan fingerprint density at radius 2 is 1.24 bits per heavy atom. The van der Waals surface area contributed by atoms with Crippen LogP contribution in [-0.2, 0) is 41.6 Å². The van der Waals surface area contributed by atoms with Gasteiger partial charge in [0.2, 0.25) is 29.5 Å². The summed E-state index contributed by atoms with van der Waals surface area (Å²) in [7, 11) is 0. The summed E-state index contributed by atoms with van der Waals surface area (Å²) in [4.78, 5) is 75.9. The van der Waals surface area contributed by atoms with E-state index in [4.69, 9.17) is 11.5 Å². The maximum absolute atomic E-state index is 13.5. The Kier molecular flexibility index (Phi) is 14.6. The van der Waals surface area contributed by atoms with Crippen LogP contribution in [0.15, 0.2) is 54.6 Å². The lowest BCUT2D eigenvalue weighted by Gasteiger charge is -2.26. The fraction of sp³-hybridized carbons (Fsp3) is 0.438. The number of carboxylic acid groups (broad SMARTS) is 1. The molecule has 0 aliphatic rings. The van der Waals surface area contributed by atoms with Crippen molar-refractivity contribution in [1.82, 2.24) is 21.3 Å². The summed E-state index contributed by atoms with van der Waals surface area (Å²) >= 11 is 0. The minimum atomic E-state index is -1.39. The number of hydrogen-bond acceptors (Lipinski definition) is 8. The van der Waals surface area contributed by atoms with Crippen LogP contribution in [-0.4, -0.2) is 75.9 Å². The second-order valence-corrected chi connectivity index (χ2v) is 11.5. The topological polar surface area (TPSA) is 243 Å². The average Bonchev–Trinajstić information content (AvgIpc) is 2.99. The van der Waals surface area contributed by atoms with E-state index >= 15 is 0 Å². The first-order valence-corrected chi connectivity index (χ1v) is 15.0. The number of carbonyl (C=O) groups excluding carboxylic acids is 5. The SMILES string of the molecule is CC(C)C[C@H](NC(=O)[C@H](Cc1ccccc1)NC(=O)[C@H](CCC(=O)O)NC(=O)[C@H](C)NC(=O)[C@@H](N)Cc1ccc(O)cc1)C(N)=O. The number of amides is 5. The minimum absolute atomic E-state index is 0.0244. The zero-order valence-corrected chi connectivity index (χ0v) is 26.2. The first kappa shape index (κ1) is 37.2. The number of hydrogen-bond donors (Lipinski definition) is 8. The van der Waals surface area contributed by atoms with Crippen LogP contribution in [0.2, 0.25) is 0 Å². The Morgan fingerprint density at radius 3 is 1.80 bits per heavy atom. The molecule has 2 aromatic carbocycles. The first-order chi connectivity index (χ1) is 21.7. The lowest BCUT2D eigenvalue weighted by molar-refractivity contribution is -0.138. The number of nitrogens with one attached hydrogen (secondary N) is 4. The van der Waals surface area contributed by atoms with Gasteiger partial charge in [0.1, 0.15) is 29.9 Å². The van der Waals surface area contributed by atoms with Crippen LogP contribution in [0.3, 0.4) is 0 Å². The van der Waals surface area contributed by atoms with E-state index in [1.54, 1.807) is 42.5 Å². The van der Waals surface area contributed by atoms with Crippen LogP contribution in [0, 0.1) is 5.92 Å². The van der Waals surface area contributed by atoms with Crippen molar-refractivity contribution in [3.05, 3.63) is 65.7 Å². The fourth-order valence-corrected chi connectivity index (χ4v) is 4.52. The van der Waals surface area contributed by atoms with Gasteiger partial charge < -0.3 is 42.9 Å². The van der Waals surface area contributed by atoms with Crippen molar-refractivity contribution in [3.8, 4) is 5.75 Å². The van der Waals surface area contributed by atoms with Gasteiger partial charge >= 0.3 is 5.97 Å². The number of carbonyl (C=O) groups is 6. The second kappa shape index (κ2) is 18.1. The molecular weight excluding hydrogens is 596 g/mol. The average molecular weight is 641 g/mol. The summed E-state index contributed by atoms with van der Waals surface area (Å²) < 4.78 is 0. The summed E-state index contributed by atoms with van der Waals surface area (Å²) in [5, 5.41) is 28.8. The molecule has 0 saturated carbocycles. The van der Waals surface area contributed by atoms with Crippen molar-refractivity contribution in [1.29, 1.82) is 0 Å². The van der Waals surface area contributed by atoms with Gasteiger partial charge in [-0.3, -0.25) is 28.8 Å². The highest BCUT2D eigenvalue weighted by molar-refractivity contribution is 5.96. The molecule has 0 bridgehead atoms. The van der Waals surface area contributed by atoms with Gasteiger partial charge in [-0.1, -0.05) is 56.3 Å². The molecule has 14 heteroatoms. The normalized spacial score (nSPS) is 14.2. The predicted molar refractivity (Wildman–Crippen MR) is 169 cm³/mol. The van der Waals surface area contributed by atoms with E-state index in [9.17, 15) is 39.0 Å². The second-order valence-electron chi connectivity index (χ2n) is 11.5. The molecule has 10 N–H and O–H groups in total. The molecule has 0 saturated heterocycles. The Labute approximate surface area is 267 Å². The molecule has 0 aliphatic carbocycles. The van der Waals surface area contributed by atoms with Crippen molar-refractivity contribution in [2.45, 2.75) is 83.1 Å². The number of carboxylic acids is 1. The van der Waals surface area contributed by atoms with Gasteiger partial charge in [0.05, 0.1) is 6.04 Å². The molecule has 0 aromatic heterocycles. The van der Waals surface area contributed by atoms with Gasteiger partial charge in [-0.2, -0.15) is 0 Å². The minimum Gasteiger partial charge on any atom is -0.508 e. The lowest BCUT2D eigenvalue weighted by atomic mass is 10.0. The molecule has 0 radical (unpaired) electrons. The van der Waals surface area contributed by atoms with E-state index in [1.165, 1.54) is 19.1 Å². The number of aromatic hydroxyl groups is 1. The Balaban J connectivity index is 2.17. The number of benzene rings is 2. The third-order valence-electron chi connectivity index (χ3n) is 7.04. The summed E-state index contributed by atoms with van der Waals surface area (Å²) in [6, 6.07) is 9.11. The summed E-state index contributed by atoms with van der Waals surface area (Å²) in [6.45, 7) is 5.08. The molecule has 2 aromatic rings. The van der Waals surface area contributed by atoms with E-state index in [0.717, 1.165) is 0 Å². The lowest BCUT2D eigenvalue weighted by Crippen LogP contribution is -2.59. The zero-order valence-electron chi connectivity index (χ0n) is 26.2. The zero-order chi connectivity index (χ0) is 34.4. The van der Waals surface area contributed by atoms with Gasteiger partial charge in [0.25, 0.3) is 0 Å². The van der Waals surface area contributed by atoms with Crippen molar-refractivity contribution >= 4 is 35.5 Å². The number of primary amides is 1. The van der Waals surface area contributed by atoms with Crippen LogP contribution in [0.1, 0.15) is 51.2 Å². The summed E-state index contributed by atoms with van der Waals surface area (Å²) in [6.07, 6.45) is -0.374. The maximum atomic E-state index is 13.5. The van der Waals surface area contributed by atoms with E-state index in [1.807, 2.05) is 13.8 Å². The molecule has 0 spiro atoms. The van der Waals surface area contributed by atoms with E-state index in [-0.39, 0.29) is 37.4 Å². The molecular formula is C32H44N6O8. The maximum Gasteiger partial charge on any atom is 0.303 e. The number of phenols is 1. The summed E-state index contributed by atoms with van der Waals surface area (Å²) in [5.74, 6) is -4.83. The van der Waals surface area contributed by atoms with Crippen LogP contribution < -0.4 is 32.7 Å². The number of phenolic OH excluding ortho intramolecular Hbond substituents is 1. The van der Waals surface area contributed by atoms with Crippen molar-refractivity contribution in [2.24, 2.45) is 17.4 Å². The largest absolute Gasteiger partial charge is 0.508 e. The standard InChI is InChI=1S/C32H44N6O8/c1-18(2)15-25(28(34)42)37-32(46)26(17-20-7-5-4-6-8-20)38-31(45)24(13-14-27(40)41)36-29(43)19(3)35-30(44)23(33)16-21-9-11-22(39)12-10-21/h4-12,18-19,23-26,39H,13-17,33H2,1-3H3,(H2,34,42)(H,35,44)(H,36,43)(H,37,46)(H,38,45)(H,40,41)/t19-,23-,24-,25-,26-/m0/s1. The molecule has 0 heterocycles. The molecule has 2 rings (SSSR count). The van der Waals surface area contributed by atoms with Gasteiger partial charge in [0.15, 0.2) is 0 Å². The van der Waals surface area contributed by atoms with Crippen LogP contribution in [0.4, 0.5) is 0 Å². The van der Waals surface area contributed by atoms with E-state index in [2.05, 4.69) is 21.3 Å². The Bertz CT molecular complexity index is 1350. The van der Waals surface area contributed by atoms with Crippen molar-refractivity contribution in [2.75, 3.05) is 0 Å². The number of aliphatic carboxylic acids is 1.